The Labute approximate surface area is 155 Å². The molecule has 0 aliphatic carbocycles. The van der Waals surface area contributed by atoms with Gasteiger partial charge in [-0.05, 0) is 49.6 Å². The second-order valence-corrected chi connectivity index (χ2v) is 6.93. The van der Waals surface area contributed by atoms with Crippen LogP contribution < -0.4 is 5.32 Å². The van der Waals surface area contributed by atoms with Crippen LogP contribution >= 0.6 is 15.9 Å². The lowest BCUT2D eigenvalue weighted by Crippen LogP contribution is -2.22. The molecule has 0 bridgehead atoms. The van der Waals surface area contributed by atoms with E-state index in [0.29, 0.717) is 17.7 Å². The van der Waals surface area contributed by atoms with Crippen molar-refractivity contribution in [2.24, 2.45) is 5.92 Å². The van der Waals surface area contributed by atoms with Crippen molar-refractivity contribution in [3.63, 3.8) is 0 Å². The summed E-state index contributed by atoms with van der Waals surface area (Å²) in [7, 11) is 0. The Bertz CT molecular complexity index is 718. The third-order valence-electron chi connectivity index (χ3n) is 3.93. The first-order valence-electron chi connectivity index (χ1n) is 8.04. The molecule has 134 valence electrons. The number of nitrogens with one attached hydrogen (secondary N) is 1. The number of phenols is 1. The molecule has 3 N–H and O–H groups in total. The molecule has 2 atom stereocenters. The smallest absolute Gasteiger partial charge is 0.412 e. The molecule has 0 saturated carbocycles. The molecule has 0 spiro atoms. The average molecular weight is 408 g/mol. The number of carbonyl (C=O) groups is 1. The van der Waals surface area contributed by atoms with E-state index in [2.05, 4.69) is 21.2 Å². The minimum Gasteiger partial charge on any atom is -0.508 e. The molecule has 0 unspecified atom stereocenters. The van der Waals surface area contributed by atoms with E-state index in [1.54, 1.807) is 30.3 Å². The summed E-state index contributed by atoms with van der Waals surface area (Å²) < 4.78 is 6.35. The zero-order chi connectivity index (χ0) is 18.4. The number of hydrogen-bond acceptors (Lipinski definition) is 4. The molecule has 2 aromatic carbocycles. The number of aliphatic hydroxyl groups is 1. The number of carbonyl (C=O) groups excluding carboxylic acids is 1. The first-order chi connectivity index (χ1) is 11.9. The average Bonchev–Trinajstić information content (AvgIpc) is 2.57. The van der Waals surface area contributed by atoms with Crippen LogP contribution in [0.4, 0.5) is 10.5 Å². The van der Waals surface area contributed by atoms with Gasteiger partial charge in [-0.3, -0.25) is 5.32 Å². The molecule has 0 aliphatic rings. The predicted molar refractivity (Wildman–Crippen MR) is 101 cm³/mol. The van der Waals surface area contributed by atoms with Crippen molar-refractivity contribution in [3.8, 4) is 5.75 Å². The number of phenolic OH excluding ortho intramolecular Hbond substituents is 1. The van der Waals surface area contributed by atoms with Gasteiger partial charge in [0.25, 0.3) is 0 Å². The van der Waals surface area contributed by atoms with E-state index < -0.39 is 12.2 Å². The van der Waals surface area contributed by atoms with Gasteiger partial charge in [-0.1, -0.05) is 40.5 Å². The summed E-state index contributed by atoms with van der Waals surface area (Å²) >= 11 is 3.36. The van der Waals surface area contributed by atoms with E-state index in [9.17, 15) is 15.0 Å². The summed E-state index contributed by atoms with van der Waals surface area (Å²) in [6, 6.07) is 12.3. The number of amides is 1. The first kappa shape index (κ1) is 19.3. The van der Waals surface area contributed by atoms with Crippen LogP contribution in [0.5, 0.6) is 5.75 Å². The zero-order valence-electron chi connectivity index (χ0n) is 14.2. The van der Waals surface area contributed by atoms with Gasteiger partial charge < -0.3 is 14.9 Å². The number of rotatable bonds is 6. The largest absolute Gasteiger partial charge is 0.508 e. The van der Waals surface area contributed by atoms with Gasteiger partial charge in [0.1, 0.15) is 11.9 Å². The molecule has 6 heteroatoms. The minimum absolute atomic E-state index is 0.0324. The van der Waals surface area contributed by atoms with Crippen molar-refractivity contribution < 1.29 is 19.7 Å². The van der Waals surface area contributed by atoms with E-state index >= 15 is 0 Å². The van der Waals surface area contributed by atoms with Crippen LogP contribution in [-0.4, -0.2) is 22.9 Å². The molecule has 25 heavy (non-hydrogen) atoms. The summed E-state index contributed by atoms with van der Waals surface area (Å²) in [4.78, 5) is 12.3. The monoisotopic (exact) mass is 407 g/mol. The number of aliphatic hydroxyl groups excluding tert-OH is 1. The topological polar surface area (TPSA) is 78.8 Å². The summed E-state index contributed by atoms with van der Waals surface area (Å²) in [6.45, 7) is 3.79. The highest BCUT2D eigenvalue weighted by atomic mass is 79.9. The van der Waals surface area contributed by atoms with E-state index in [-0.39, 0.29) is 18.3 Å². The van der Waals surface area contributed by atoms with E-state index in [0.717, 1.165) is 10.0 Å². The lowest BCUT2D eigenvalue weighted by molar-refractivity contribution is 0.0652. The van der Waals surface area contributed by atoms with Crippen LogP contribution in [-0.2, 0) is 4.74 Å². The third-order valence-corrected chi connectivity index (χ3v) is 4.42. The molecular formula is C19H22BrNO4. The van der Waals surface area contributed by atoms with Crippen molar-refractivity contribution in [2.45, 2.75) is 26.4 Å². The van der Waals surface area contributed by atoms with Gasteiger partial charge in [0.15, 0.2) is 0 Å². The highest BCUT2D eigenvalue weighted by Gasteiger charge is 2.26. The van der Waals surface area contributed by atoms with Gasteiger partial charge in [-0.15, -0.1) is 0 Å². The molecule has 0 aliphatic heterocycles. The Morgan fingerprint density at radius 1 is 1.24 bits per heavy atom. The quantitative estimate of drug-likeness (QED) is 0.643. The van der Waals surface area contributed by atoms with Gasteiger partial charge in [0.05, 0.1) is 0 Å². The van der Waals surface area contributed by atoms with Crippen LogP contribution in [0.15, 0.2) is 46.9 Å². The number of halogens is 1. The Morgan fingerprint density at radius 3 is 2.56 bits per heavy atom. The Morgan fingerprint density at radius 2 is 1.92 bits per heavy atom. The van der Waals surface area contributed by atoms with Crippen LogP contribution in [0.25, 0.3) is 0 Å². The first-order valence-corrected chi connectivity index (χ1v) is 8.83. The fourth-order valence-corrected chi connectivity index (χ4v) is 2.87. The van der Waals surface area contributed by atoms with Crippen molar-refractivity contribution in [1.82, 2.24) is 0 Å². The van der Waals surface area contributed by atoms with Crippen molar-refractivity contribution in [2.75, 3.05) is 11.9 Å². The van der Waals surface area contributed by atoms with Crippen LogP contribution in [0.3, 0.4) is 0 Å². The Kier molecular flexibility index (Phi) is 6.84. The van der Waals surface area contributed by atoms with E-state index in [1.165, 1.54) is 0 Å². The number of aryl methyl sites for hydroxylation is 1. The molecular weight excluding hydrogens is 386 g/mol. The number of anilines is 1. The number of hydrogen-bond donors (Lipinski definition) is 3. The van der Waals surface area contributed by atoms with Crippen molar-refractivity contribution in [1.29, 1.82) is 0 Å². The van der Waals surface area contributed by atoms with Gasteiger partial charge in [0.2, 0.25) is 0 Å². The summed E-state index contributed by atoms with van der Waals surface area (Å²) in [5.41, 5.74) is 2.21. The minimum atomic E-state index is -0.685. The zero-order valence-corrected chi connectivity index (χ0v) is 15.8. The van der Waals surface area contributed by atoms with Crippen molar-refractivity contribution >= 4 is 27.7 Å². The SMILES string of the molecule is Cc1ccc(NC(=O)O[C@@H](c2cc(Br)ccc2O)[C@H](C)CCO)cc1. The second-order valence-electron chi connectivity index (χ2n) is 6.01. The van der Waals surface area contributed by atoms with Crippen LogP contribution in [0, 0.1) is 12.8 Å². The predicted octanol–water partition coefficient (Wildman–Crippen LogP) is 4.77. The van der Waals surface area contributed by atoms with Crippen LogP contribution in [0.1, 0.15) is 30.6 Å². The molecule has 0 aromatic heterocycles. The van der Waals surface area contributed by atoms with Crippen molar-refractivity contribution in [3.05, 3.63) is 58.1 Å². The molecule has 1 amide bonds. The molecule has 0 radical (unpaired) electrons. The van der Waals surface area contributed by atoms with Gasteiger partial charge in [-0.2, -0.15) is 0 Å². The Balaban J connectivity index is 2.19. The number of ether oxygens (including phenoxy) is 1. The molecule has 0 heterocycles. The van der Waals surface area contributed by atoms with E-state index in [1.807, 2.05) is 26.0 Å². The lowest BCUT2D eigenvalue weighted by atomic mass is 9.94. The second kappa shape index (κ2) is 8.87. The maximum atomic E-state index is 12.3. The highest BCUT2D eigenvalue weighted by Crippen LogP contribution is 2.36. The fourth-order valence-electron chi connectivity index (χ4n) is 2.49. The standard InChI is InChI=1S/C19H22BrNO4/c1-12-3-6-15(7-4-12)21-19(24)25-18(13(2)9-10-22)16-11-14(20)5-8-17(16)23/h3-8,11,13,18,22-23H,9-10H2,1-2H3,(H,21,24)/t13-,18-/m1/s1. The lowest BCUT2D eigenvalue weighted by Gasteiger charge is -2.25. The van der Waals surface area contributed by atoms with E-state index in [4.69, 9.17) is 4.74 Å². The maximum absolute atomic E-state index is 12.3. The van der Waals surface area contributed by atoms with Crippen LogP contribution in [0.2, 0.25) is 0 Å². The summed E-state index contributed by atoms with van der Waals surface area (Å²) in [5, 5.41) is 22.1. The molecule has 0 fully saturated rings. The Hall–Kier alpha value is -2.05. The van der Waals surface area contributed by atoms with Gasteiger partial charge in [0, 0.05) is 22.3 Å². The molecule has 5 nitrogen and oxygen atoms in total. The highest BCUT2D eigenvalue weighted by molar-refractivity contribution is 9.10. The molecule has 0 saturated heterocycles. The number of aromatic hydroxyl groups is 1. The number of benzene rings is 2. The maximum Gasteiger partial charge on any atom is 0.412 e. The third kappa shape index (κ3) is 5.47. The molecule has 2 aromatic rings. The summed E-state index contributed by atoms with van der Waals surface area (Å²) in [5.74, 6) is -0.130. The van der Waals surface area contributed by atoms with Gasteiger partial charge in [-0.25, -0.2) is 4.79 Å². The summed E-state index contributed by atoms with van der Waals surface area (Å²) in [6.07, 6.45) is -0.859. The normalized spacial score (nSPS) is 13.1. The molecule has 2 rings (SSSR count). The van der Waals surface area contributed by atoms with Gasteiger partial charge >= 0.3 is 6.09 Å². The fraction of sp³-hybridized carbons (Fsp3) is 0.316.